The number of hydrogen-bond donors (Lipinski definition) is 0. The summed E-state index contributed by atoms with van der Waals surface area (Å²) in [5.41, 5.74) is 0.314. The Morgan fingerprint density at radius 3 is 2.79 bits per heavy atom. The molecule has 0 radical (unpaired) electrons. The summed E-state index contributed by atoms with van der Waals surface area (Å²) >= 11 is 0. The first-order chi connectivity index (χ1) is 6.15. The Balaban J connectivity index is 0.00000169. The number of carbonyl (C=O) groups excluding carboxylic acids is 1. The van der Waals surface area contributed by atoms with Crippen LogP contribution in [-0.2, 0) is 9.53 Å². The van der Waals surface area contributed by atoms with E-state index in [0.29, 0.717) is 18.4 Å². The smallest absolute Gasteiger partial charge is 0.875 e. The molecule has 72 valence electrons. The van der Waals surface area contributed by atoms with Gasteiger partial charge < -0.3 is 9.84 Å². The molecule has 0 bridgehead atoms. The summed E-state index contributed by atoms with van der Waals surface area (Å²) in [6.07, 6.45) is 2.51. The van der Waals surface area contributed by atoms with Gasteiger partial charge in [0.2, 0.25) is 0 Å². The molecule has 1 aliphatic carbocycles. The molecule has 0 saturated heterocycles. The van der Waals surface area contributed by atoms with Gasteiger partial charge in [0.1, 0.15) is 6.61 Å². The van der Waals surface area contributed by atoms with Crippen molar-refractivity contribution in [2.24, 2.45) is 5.92 Å². The first-order valence-corrected chi connectivity index (χ1v) is 4.32. The van der Waals surface area contributed by atoms with Crippen LogP contribution in [-0.4, -0.2) is 12.6 Å². The second-order valence-electron chi connectivity index (χ2n) is 3.30. The van der Waals surface area contributed by atoms with Crippen LogP contribution in [0.25, 0.3) is 0 Å². The van der Waals surface area contributed by atoms with Crippen molar-refractivity contribution in [2.75, 3.05) is 6.61 Å². The summed E-state index contributed by atoms with van der Waals surface area (Å²) in [5, 5.41) is 11.2. The largest absolute Gasteiger partial charge is 1.00 e. The van der Waals surface area contributed by atoms with Gasteiger partial charge in [-0.1, -0.05) is 19.6 Å². The Hall–Kier alpha value is 0.386. The van der Waals surface area contributed by atoms with E-state index in [-0.39, 0.29) is 69.7 Å². The van der Waals surface area contributed by atoms with E-state index in [1.807, 2.05) is 6.92 Å². The molecule has 0 aromatic rings. The Kier molecular flexibility index (Phi) is 6.98. The molecule has 1 aliphatic rings. The van der Waals surface area contributed by atoms with E-state index in [2.05, 4.69) is 6.58 Å². The minimum atomic E-state index is -0.478. The first kappa shape index (κ1) is 14.4. The van der Waals surface area contributed by atoms with Crippen molar-refractivity contribution in [3.05, 3.63) is 24.0 Å². The van der Waals surface area contributed by atoms with Crippen molar-refractivity contribution in [3.63, 3.8) is 0 Å². The van der Waals surface area contributed by atoms with Gasteiger partial charge in [-0.15, -0.1) is 5.76 Å². The van der Waals surface area contributed by atoms with Crippen molar-refractivity contribution in [3.8, 4) is 0 Å². The normalized spacial score (nSPS) is 20.2. The van der Waals surface area contributed by atoms with Gasteiger partial charge in [-0.3, -0.25) is 0 Å². The Bertz CT molecular complexity index is 258. The fourth-order valence-corrected chi connectivity index (χ4v) is 1.39. The number of esters is 1. The molecule has 3 nitrogen and oxygen atoms in total. The standard InChI is InChI=1S/C10H14O3.K/c1-3-4-13-10(12)8-5-7(2)6-9(8)11;/h3,7,11H,1,4-6H2,2H3;/q;+1/p-1/t7-;/m1./s1. The molecule has 0 aromatic heterocycles. The minimum absolute atomic E-state index is 0. The molecule has 0 fully saturated rings. The molecular formula is C10H13KO3. The van der Waals surface area contributed by atoms with Gasteiger partial charge in [-0.25, -0.2) is 4.79 Å². The molecule has 0 amide bonds. The van der Waals surface area contributed by atoms with Crippen LogP contribution in [0.3, 0.4) is 0 Å². The van der Waals surface area contributed by atoms with Gasteiger partial charge in [-0.2, -0.15) is 0 Å². The molecule has 0 N–H and O–H groups in total. The van der Waals surface area contributed by atoms with Gasteiger partial charge in [-0.05, 0) is 18.8 Å². The Morgan fingerprint density at radius 1 is 1.71 bits per heavy atom. The predicted octanol–water partition coefficient (Wildman–Crippen LogP) is -2.24. The summed E-state index contributed by atoms with van der Waals surface area (Å²) in [6.45, 7) is 5.54. The fourth-order valence-electron chi connectivity index (χ4n) is 1.39. The van der Waals surface area contributed by atoms with Gasteiger partial charge >= 0.3 is 57.4 Å². The second-order valence-corrected chi connectivity index (χ2v) is 3.30. The van der Waals surface area contributed by atoms with E-state index in [4.69, 9.17) is 4.74 Å². The zero-order valence-electron chi connectivity index (χ0n) is 8.71. The van der Waals surface area contributed by atoms with E-state index in [1.165, 1.54) is 6.08 Å². The molecule has 0 saturated carbocycles. The average molecular weight is 220 g/mol. The minimum Gasteiger partial charge on any atom is -0.875 e. The van der Waals surface area contributed by atoms with Gasteiger partial charge in [0.15, 0.2) is 0 Å². The number of allylic oxidation sites excluding steroid dienone is 1. The van der Waals surface area contributed by atoms with Crippen LogP contribution in [0.4, 0.5) is 0 Å². The molecule has 0 unspecified atom stereocenters. The van der Waals surface area contributed by atoms with Crippen molar-refractivity contribution < 1.29 is 66.0 Å². The van der Waals surface area contributed by atoms with E-state index in [1.54, 1.807) is 0 Å². The maximum Gasteiger partial charge on any atom is 1.00 e. The predicted molar refractivity (Wildman–Crippen MR) is 46.6 cm³/mol. The van der Waals surface area contributed by atoms with Crippen LogP contribution < -0.4 is 56.5 Å². The number of carbonyl (C=O) groups is 1. The van der Waals surface area contributed by atoms with E-state index >= 15 is 0 Å². The van der Waals surface area contributed by atoms with Crippen LogP contribution in [0.2, 0.25) is 0 Å². The van der Waals surface area contributed by atoms with Crippen LogP contribution in [0.5, 0.6) is 0 Å². The van der Waals surface area contributed by atoms with E-state index in [9.17, 15) is 9.90 Å². The quantitative estimate of drug-likeness (QED) is 0.307. The van der Waals surface area contributed by atoms with Gasteiger partial charge in [0, 0.05) is 5.57 Å². The number of ether oxygens (including phenoxy) is 1. The molecule has 0 aliphatic heterocycles. The third-order valence-electron chi connectivity index (χ3n) is 2.00. The maximum absolute atomic E-state index is 11.2. The molecule has 0 spiro atoms. The van der Waals surface area contributed by atoms with Crippen LogP contribution in [0.1, 0.15) is 19.8 Å². The first-order valence-electron chi connectivity index (χ1n) is 4.32. The Labute approximate surface area is 127 Å². The number of hydrogen-bond acceptors (Lipinski definition) is 3. The maximum atomic E-state index is 11.2. The molecule has 14 heavy (non-hydrogen) atoms. The molecule has 0 aromatic carbocycles. The monoisotopic (exact) mass is 220 g/mol. The summed E-state index contributed by atoms with van der Waals surface area (Å²) in [6, 6.07) is 0. The zero-order chi connectivity index (χ0) is 9.84. The third-order valence-corrected chi connectivity index (χ3v) is 2.00. The summed E-state index contributed by atoms with van der Waals surface area (Å²) in [5.74, 6) is -0.269. The molecular weight excluding hydrogens is 207 g/mol. The Morgan fingerprint density at radius 2 is 2.36 bits per heavy atom. The molecule has 4 heteroatoms. The third kappa shape index (κ3) is 3.86. The van der Waals surface area contributed by atoms with E-state index < -0.39 is 5.97 Å². The molecule has 1 atom stereocenters. The van der Waals surface area contributed by atoms with Crippen LogP contribution >= 0.6 is 0 Å². The average Bonchev–Trinajstić information content (AvgIpc) is 2.41. The van der Waals surface area contributed by atoms with Crippen molar-refractivity contribution in [1.29, 1.82) is 0 Å². The molecule has 1 rings (SSSR count). The van der Waals surface area contributed by atoms with E-state index in [0.717, 1.165) is 0 Å². The van der Waals surface area contributed by atoms with Gasteiger partial charge in [0.05, 0.1) is 0 Å². The van der Waals surface area contributed by atoms with Gasteiger partial charge in [0.25, 0.3) is 0 Å². The fraction of sp³-hybridized carbons (Fsp3) is 0.500. The zero-order valence-corrected chi connectivity index (χ0v) is 11.8. The second kappa shape index (κ2) is 6.79. The van der Waals surface area contributed by atoms with Crippen molar-refractivity contribution >= 4 is 5.97 Å². The molecule has 0 heterocycles. The van der Waals surface area contributed by atoms with Crippen molar-refractivity contribution in [1.82, 2.24) is 0 Å². The summed E-state index contributed by atoms with van der Waals surface area (Å²) < 4.78 is 4.78. The van der Waals surface area contributed by atoms with Crippen molar-refractivity contribution in [2.45, 2.75) is 19.8 Å². The van der Waals surface area contributed by atoms with Crippen LogP contribution in [0, 0.1) is 5.92 Å². The number of rotatable bonds is 3. The SMILES string of the molecule is C=CCOC(=O)C1=C([O-])C[C@H](C)C1.[K+]. The summed E-state index contributed by atoms with van der Waals surface area (Å²) in [7, 11) is 0. The van der Waals surface area contributed by atoms with Crippen LogP contribution in [0.15, 0.2) is 24.0 Å². The topological polar surface area (TPSA) is 49.4 Å². The summed E-state index contributed by atoms with van der Waals surface area (Å²) in [4.78, 5) is 11.2.